The van der Waals surface area contributed by atoms with E-state index in [1.54, 1.807) is 11.8 Å². The minimum atomic E-state index is -1.05. The Morgan fingerprint density at radius 3 is 2.52 bits per heavy atom. The molecule has 0 saturated heterocycles. The molecule has 0 bridgehead atoms. The Morgan fingerprint density at radius 2 is 1.92 bits per heavy atom. The zero-order chi connectivity index (χ0) is 18.6. The molecule has 2 rings (SSSR count). The Balaban J connectivity index is 2.30. The van der Waals surface area contributed by atoms with Crippen molar-refractivity contribution < 1.29 is 23.1 Å². The molecule has 1 saturated carbocycles. The van der Waals surface area contributed by atoms with E-state index in [1.165, 1.54) is 13.2 Å². The van der Waals surface area contributed by atoms with Gasteiger partial charge in [0, 0.05) is 18.2 Å². The molecule has 1 aromatic rings. The van der Waals surface area contributed by atoms with Gasteiger partial charge in [-0.25, -0.2) is 8.78 Å². The first-order valence-corrected chi connectivity index (χ1v) is 8.69. The van der Waals surface area contributed by atoms with Gasteiger partial charge in [0.2, 0.25) is 0 Å². The number of rotatable bonds is 5. The standard InChI is InChI=1S/C19H25F2NO3/c1-12-6-4-5-7-17(12)22(11-13(2)19(24)25-3)18(23)14-8-9-15(20)16(21)10-14/h8-10,12-13,17H,4-7,11H2,1-3H3. The van der Waals surface area contributed by atoms with Crippen LogP contribution >= 0.6 is 0 Å². The Morgan fingerprint density at radius 1 is 1.24 bits per heavy atom. The van der Waals surface area contributed by atoms with Crippen LogP contribution in [0.5, 0.6) is 0 Å². The minimum absolute atomic E-state index is 0.0264. The molecule has 3 atom stereocenters. The first-order valence-electron chi connectivity index (χ1n) is 8.69. The summed E-state index contributed by atoms with van der Waals surface area (Å²) in [5.74, 6) is -3.03. The molecular weight excluding hydrogens is 328 g/mol. The lowest BCUT2D eigenvalue weighted by Crippen LogP contribution is -2.48. The second-order valence-electron chi connectivity index (χ2n) is 6.84. The lowest BCUT2D eigenvalue weighted by Gasteiger charge is -2.39. The molecule has 1 aliphatic rings. The van der Waals surface area contributed by atoms with E-state index in [-0.39, 0.29) is 30.0 Å². The number of hydrogen-bond donors (Lipinski definition) is 0. The summed E-state index contributed by atoms with van der Waals surface area (Å²) in [4.78, 5) is 26.4. The van der Waals surface area contributed by atoms with Crippen LogP contribution in [-0.2, 0) is 9.53 Å². The molecule has 3 unspecified atom stereocenters. The normalized spacial score (nSPS) is 21.5. The van der Waals surface area contributed by atoms with Gasteiger partial charge in [-0.2, -0.15) is 0 Å². The van der Waals surface area contributed by atoms with Crippen LogP contribution < -0.4 is 0 Å². The molecule has 4 nitrogen and oxygen atoms in total. The summed E-state index contributed by atoms with van der Waals surface area (Å²) in [6, 6.07) is 3.13. The second kappa shape index (κ2) is 8.41. The first kappa shape index (κ1) is 19.3. The van der Waals surface area contributed by atoms with Crippen molar-refractivity contribution in [1.29, 1.82) is 0 Å². The Bertz CT molecular complexity index is 635. The molecule has 0 radical (unpaired) electrons. The van der Waals surface area contributed by atoms with Crippen molar-refractivity contribution in [3.05, 3.63) is 35.4 Å². The third-order valence-corrected chi connectivity index (χ3v) is 4.97. The van der Waals surface area contributed by atoms with Gasteiger partial charge in [-0.3, -0.25) is 9.59 Å². The Hall–Kier alpha value is -1.98. The van der Waals surface area contributed by atoms with Crippen molar-refractivity contribution in [3.63, 3.8) is 0 Å². The Kier molecular flexibility index (Phi) is 6.51. The van der Waals surface area contributed by atoms with Crippen molar-refractivity contribution >= 4 is 11.9 Å². The number of carbonyl (C=O) groups excluding carboxylic acids is 2. The lowest BCUT2D eigenvalue weighted by molar-refractivity contribution is -0.145. The van der Waals surface area contributed by atoms with E-state index in [1.807, 2.05) is 0 Å². The maximum Gasteiger partial charge on any atom is 0.310 e. The van der Waals surface area contributed by atoms with Gasteiger partial charge < -0.3 is 9.64 Å². The summed E-state index contributed by atoms with van der Waals surface area (Å²) in [7, 11) is 1.31. The van der Waals surface area contributed by atoms with E-state index in [4.69, 9.17) is 4.74 Å². The maximum atomic E-state index is 13.5. The molecule has 0 spiro atoms. The smallest absolute Gasteiger partial charge is 0.310 e. The number of carbonyl (C=O) groups is 2. The summed E-state index contributed by atoms with van der Waals surface area (Å²) in [6.07, 6.45) is 3.95. The van der Waals surface area contributed by atoms with Gasteiger partial charge in [0.05, 0.1) is 13.0 Å². The zero-order valence-electron chi connectivity index (χ0n) is 14.9. The quantitative estimate of drug-likeness (QED) is 0.757. The maximum absolute atomic E-state index is 13.5. The van der Waals surface area contributed by atoms with Gasteiger partial charge in [-0.05, 0) is 37.0 Å². The minimum Gasteiger partial charge on any atom is -0.469 e. The van der Waals surface area contributed by atoms with Crippen LogP contribution in [0.15, 0.2) is 18.2 Å². The van der Waals surface area contributed by atoms with Crippen LogP contribution in [0.3, 0.4) is 0 Å². The number of methoxy groups -OCH3 is 1. The molecule has 0 N–H and O–H groups in total. The fraction of sp³-hybridized carbons (Fsp3) is 0.579. The van der Waals surface area contributed by atoms with Gasteiger partial charge in [0.25, 0.3) is 5.91 Å². The molecule has 1 aliphatic carbocycles. The average molecular weight is 353 g/mol. The van der Waals surface area contributed by atoms with Crippen LogP contribution in [-0.4, -0.2) is 36.5 Å². The number of hydrogen-bond acceptors (Lipinski definition) is 3. The van der Waals surface area contributed by atoms with Gasteiger partial charge in [-0.1, -0.05) is 26.7 Å². The van der Waals surface area contributed by atoms with E-state index in [2.05, 4.69) is 6.92 Å². The summed E-state index contributed by atoms with van der Waals surface area (Å²) in [5, 5.41) is 0. The van der Waals surface area contributed by atoms with Crippen molar-refractivity contribution in [2.45, 2.75) is 45.6 Å². The van der Waals surface area contributed by atoms with Crippen molar-refractivity contribution in [2.75, 3.05) is 13.7 Å². The highest BCUT2D eigenvalue weighted by molar-refractivity contribution is 5.94. The molecule has 138 valence electrons. The fourth-order valence-corrected chi connectivity index (χ4v) is 3.49. The van der Waals surface area contributed by atoms with E-state index >= 15 is 0 Å². The van der Waals surface area contributed by atoms with E-state index in [9.17, 15) is 18.4 Å². The van der Waals surface area contributed by atoms with Crippen molar-refractivity contribution in [2.24, 2.45) is 11.8 Å². The van der Waals surface area contributed by atoms with Crippen LogP contribution in [0.1, 0.15) is 49.9 Å². The summed E-state index contributed by atoms with van der Waals surface area (Å²) >= 11 is 0. The largest absolute Gasteiger partial charge is 0.469 e. The summed E-state index contributed by atoms with van der Waals surface area (Å²) < 4.78 is 31.5. The van der Waals surface area contributed by atoms with Gasteiger partial charge in [0.15, 0.2) is 11.6 Å². The van der Waals surface area contributed by atoms with E-state index in [0.29, 0.717) is 0 Å². The highest BCUT2D eigenvalue weighted by Gasteiger charge is 2.33. The molecule has 25 heavy (non-hydrogen) atoms. The van der Waals surface area contributed by atoms with Crippen molar-refractivity contribution in [1.82, 2.24) is 4.90 Å². The highest BCUT2D eigenvalue weighted by atomic mass is 19.2. The second-order valence-corrected chi connectivity index (χ2v) is 6.84. The van der Waals surface area contributed by atoms with Crippen molar-refractivity contribution in [3.8, 4) is 0 Å². The number of halogens is 2. The number of benzene rings is 1. The first-order chi connectivity index (χ1) is 11.8. The molecule has 1 aromatic carbocycles. The molecule has 0 aromatic heterocycles. The fourth-order valence-electron chi connectivity index (χ4n) is 3.49. The number of ether oxygens (including phenoxy) is 1. The molecular formula is C19H25F2NO3. The van der Waals surface area contributed by atoms with Gasteiger partial charge in [0.1, 0.15) is 0 Å². The zero-order valence-corrected chi connectivity index (χ0v) is 14.9. The van der Waals surface area contributed by atoms with E-state index < -0.39 is 23.5 Å². The van der Waals surface area contributed by atoms with Crippen LogP contribution in [0.2, 0.25) is 0 Å². The summed E-state index contributed by atoms with van der Waals surface area (Å²) in [5.41, 5.74) is 0.0914. The lowest BCUT2D eigenvalue weighted by atomic mass is 9.84. The van der Waals surface area contributed by atoms with Crippen LogP contribution in [0, 0.1) is 23.5 Å². The third kappa shape index (κ3) is 4.55. The number of amides is 1. The van der Waals surface area contributed by atoms with Crippen LogP contribution in [0.25, 0.3) is 0 Å². The predicted molar refractivity (Wildman–Crippen MR) is 90.0 cm³/mol. The molecule has 0 aliphatic heterocycles. The van der Waals surface area contributed by atoms with Crippen LogP contribution in [0.4, 0.5) is 8.78 Å². The topological polar surface area (TPSA) is 46.6 Å². The average Bonchev–Trinajstić information content (AvgIpc) is 2.61. The number of esters is 1. The van der Waals surface area contributed by atoms with E-state index in [0.717, 1.165) is 37.8 Å². The molecule has 0 heterocycles. The Labute approximate surface area is 147 Å². The molecule has 1 fully saturated rings. The highest BCUT2D eigenvalue weighted by Crippen LogP contribution is 2.30. The SMILES string of the molecule is COC(=O)C(C)CN(C(=O)c1ccc(F)c(F)c1)C1CCCCC1C. The summed E-state index contributed by atoms with van der Waals surface area (Å²) in [6.45, 7) is 3.97. The third-order valence-electron chi connectivity index (χ3n) is 4.97. The molecule has 1 amide bonds. The predicted octanol–water partition coefficient (Wildman–Crippen LogP) is 3.79. The molecule has 6 heteroatoms. The monoisotopic (exact) mass is 353 g/mol. The van der Waals surface area contributed by atoms with Gasteiger partial charge >= 0.3 is 5.97 Å². The number of nitrogens with zero attached hydrogens (tertiary/aromatic N) is 1. The van der Waals surface area contributed by atoms with Gasteiger partial charge in [-0.15, -0.1) is 0 Å².